The molecule has 6 nitrogen and oxygen atoms in total. The van der Waals surface area contributed by atoms with Gasteiger partial charge in [-0.2, -0.15) is 11.8 Å². The normalized spacial score (nSPS) is 17.2. The molecule has 0 bridgehead atoms. The highest BCUT2D eigenvalue weighted by molar-refractivity contribution is 7.99. The average Bonchev–Trinajstić information content (AvgIpc) is 2.61. The third kappa shape index (κ3) is 4.95. The van der Waals surface area contributed by atoms with Crippen molar-refractivity contribution >= 4 is 17.7 Å². The molecule has 1 aliphatic rings. The van der Waals surface area contributed by atoms with E-state index in [0.717, 1.165) is 23.6 Å². The van der Waals surface area contributed by atoms with Gasteiger partial charge >= 0.3 is 0 Å². The molecule has 1 saturated heterocycles. The molecule has 1 atom stereocenters. The Bertz CT molecular complexity index is 548. The standard InChI is InChI=1S/C17H26N2O4S/c1-21-14-5-4-12(16(22-2)17(14)23-3)6-7-19-15(20)10-13-11-24-9-8-18-13/h4-5,13,18H,6-11H2,1-3H3,(H,19,20). The minimum absolute atomic E-state index is 0.0782. The zero-order valence-electron chi connectivity index (χ0n) is 14.5. The number of thioether (sulfide) groups is 1. The Balaban J connectivity index is 1.88. The Labute approximate surface area is 147 Å². The second-order valence-electron chi connectivity index (χ2n) is 5.52. The van der Waals surface area contributed by atoms with Gasteiger partial charge in [-0.3, -0.25) is 4.79 Å². The predicted molar refractivity (Wildman–Crippen MR) is 96.5 cm³/mol. The topological polar surface area (TPSA) is 68.8 Å². The molecule has 0 aliphatic carbocycles. The van der Waals surface area contributed by atoms with E-state index in [1.165, 1.54) is 0 Å². The Hall–Kier alpha value is -1.60. The number of hydrogen-bond acceptors (Lipinski definition) is 6. The van der Waals surface area contributed by atoms with Gasteiger partial charge in [0.25, 0.3) is 0 Å². The van der Waals surface area contributed by atoms with Crippen LogP contribution in [0.5, 0.6) is 17.2 Å². The maximum Gasteiger partial charge on any atom is 0.221 e. The van der Waals surface area contributed by atoms with Crippen molar-refractivity contribution in [1.29, 1.82) is 0 Å². The molecule has 0 spiro atoms. The van der Waals surface area contributed by atoms with Gasteiger partial charge < -0.3 is 24.8 Å². The largest absolute Gasteiger partial charge is 0.493 e. The Morgan fingerprint density at radius 2 is 2.04 bits per heavy atom. The van der Waals surface area contributed by atoms with Crippen LogP contribution in [-0.4, -0.2) is 57.9 Å². The summed E-state index contributed by atoms with van der Waals surface area (Å²) in [5.41, 5.74) is 0.974. The van der Waals surface area contributed by atoms with Crippen LogP contribution in [0.25, 0.3) is 0 Å². The smallest absolute Gasteiger partial charge is 0.221 e. The van der Waals surface area contributed by atoms with E-state index in [1.54, 1.807) is 21.3 Å². The molecule has 134 valence electrons. The molecule has 24 heavy (non-hydrogen) atoms. The highest BCUT2D eigenvalue weighted by atomic mass is 32.2. The zero-order valence-corrected chi connectivity index (χ0v) is 15.3. The van der Waals surface area contributed by atoms with Crippen LogP contribution in [0.15, 0.2) is 12.1 Å². The van der Waals surface area contributed by atoms with Crippen LogP contribution >= 0.6 is 11.8 Å². The molecule has 0 radical (unpaired) electrons. The molecular weight excluding hydrogens is 328 g/mol. The highest BCUT2D eigenvalue weighted by Gasteiger charge is 2.18. The second-order valence-corrected chi connectivity index (χ2v) is 6.67. The molecule has 0 saturated carbocycles. The summed E-state index contributed by atoms with van der Waals surface area (Å²) in [4.78, 5) is 12.0. The number of nitrogens with one attached hydrogen (secondary N) is 2. The van der Waals surface area contributed by atoms with Gasteiger partial charge in [-0.15, -0.1) is 0 Å². The second kappa shape index (κ2) is 9.64. The van der Waals surface area contributed by atoms with Crippen LogP contribution < -0.4 is 24.8 Å². The number of benzene rings is 1. The first-order valence-corrected chi connectivity index (χ1v) is 9.20. The number of carbonyl (C=O) groups is 1. The number of ether oxygens (including phenoxy) is 3. The van der Waals surface area contributed by atoms with Gasteiger partial charge in [0.05, 0.1) is 21.3 Å². The van der Waals surface area contributed by atoms with E-state index in [2.05, 4.69) is 10.6 Å². The van der Waals surface area contributed by atoms with Gasteiger partial charge in [-0.1, -0.05) is 6.07 Å². The van der Waals surface area contributed by atoms with E-state index in [-0.39, 0.29) is 11.9 Å². The summed E-state index contributed by atoms with van der Waals surface area (Å²) >= 11 is 1.89. The Morgan fingerprint density at radius 1 is 1.25 bits per heavy atom. The fourth-order valence-electron chi connectivity index (χ4n) is 2.74. The van der Waals surface area contributed by atoms with Crippen molar-refractivity contribution in [3.05, 3.63) is 17.7 Å². The summed E-state index contributed by atoms with van der Waals surface area (Å²) in [6.45, 7) is 1.54. The van der Waals surface area contributed by atoms with E-state index in [1.807, 2.05) is 23.9 Å². The number of methoxy groups -OCH3 is 3. The van der Waals surface area contributed by atoms with Crippen LogP contribution in [-0.2, 0) is 11.2 Å². The number of carbonyl (C=O) groups excluding carboxylic acids is 1. The van der Waals surface area contributed by atoms with E-state index in [4.69, 9.17) is 14.2 Å². The predicted octanol–water partition coefficient (Wildman–Crippen LogP) is 1.47. The van der Waals surface area contributed by atoms with E-state index < -0.39 is 0 Å². The Kier molecular flexibility index (Phi) is 7.52. The van der Waals surface area contributed by atoms with Gasteiger partial charge in [0.15, 0.2) is 11.5 Å². The molecule has 1 aromatic rings. The van der Waals surface area contributed by atoms with Crippen LogP contribution in [0.4, 0.5) is 0 Å². The summed E-state index contributed by atoms with van der Waals surface area (Å²) in [5.74, 6) is 4.05. The summed E-state index contributed by atoms with van der Waals surface area (Å²) in [6, 6.07) is 4.06. The van der Waals surface area contributed by atoms with Crippen LogP contribution in [0.2, 0.25) is 0 Å². The van der Waals surface area contributed by atoms with Gasteiger partial charge in [0.1, 0.15) is 0 Å². The fourth-order valence-corrected chi connectivity index (χ4v) is 3.69. The number of rotatable bonds is 8. The minimum Gasteiger partial charge on any atom is -0.493 e. The lowest BCUT2D eigenvalue weighted by atomic mass is 10.1. The molecule has 1 aromatic carbocycles. The van der Waals surface area contributed by atoms with Gasteiger partial charge in [-0.05, 0) is 12.5 Å². The Morgan fingerprint density at radius 3 is 2.67 bits per heavy atom. The first-order valence-electron chi connectivity index (χ1n) is 8.05. The van der Waals surface area contributed by atoms with Crippen molar-refractivity contribution < 1.29 is 19.0 Å². The molecule has 7 heteroatoms. The zero-order chi connectivity index (χ0) is 17.4. The first kappa shape index (κ1) is 18.7. The van der Waals surface area contributed by atoms with E-state index in [9.17, 15) is 4.79 Å². The van der Waals surface area contributed by atoms with Gasteiger partial charge in [0.2, 0.25) is 11.7 Å². The first-order chi connectivity index (χ1) is 11.7. The van der Waals surface area contributed by atoms with Crippen molar-refractivity contribution in [2.45, 2.75) is 18.9 Å². The highest BCUT2D eigenvalue weighted by Crippen LogP contribution is 2.39. The summed E-state index contributed by atoms with van der Waals surface area (Å²) in [6.07, 6.45) is 1.19. The lowest BCUT2D eigenvalue weighted by Crippen LogP contribution is -2.41. The summed E-state index contributed by atoms with van der Waals surface area (Å²) in [5, 5.41) is 6.35. The van der Waals surface area contributed by atoms with Gasteiger partial charge in [-0.25, -0.2) is 0 Å². The monoisotopic (exact) mass is 354 g/mol. The van der Waals surface area contributed by atoms with Gasteiger partial charge in [0, 0.05) is 42.6 Å². The molecule has 2 rings (SSSR count). The van der Waals surface area contributed by atoms with Crippen molar-refractivity contribution in [2.24, 2.45) is 0 Å². The third-order valence-electron chi connectivity index (χ3n) is 3.93. The van der Waals surface area contributed by atoms with Crippen LogP contribution in [0.1, 0.15) is 12.0 Å². The van der Waals surface area contributed by atoms with E-state index >= 15 is 0 Å². The van der Waals surface area contributed by atoms with Crippen molar-refractivity contribution in [1.82, 2.24) is 10.6 Å². The fraction of sp³-hybridized carbons (Fsp3) is 0.588. The molecule has 1 heterocycles. The average molecular weight is 354 g/mol. The van der Waals surface area contributed by atoms with Crippen molar-refractivity contribution in [2.75, 3.05) is 45.9 Å². The maximum absolute atomic E-state index is 12.0. The molecule has 0 aromatic heterocycles. The molecule has 1 unspecified atom stereocenters. The third-order valence-corrected chi connectivity index (χ3v) is 5.06. The van der Waals surface area contributed by atoms with Crippen molar-refractivity contribution in [3.8, 4) is 17.2 Å². The summed E-state index contributed by atoms with van der Waals surface area (Å²) < 4.78 is 16.1. The lowest BCUT2D eigenvalue weighted by Gasteiger charge is -2.22. The molecular formula is C17H26N2O4S. The minimum atomic E-state index is 0.0782. The molecule has 1 aliphatic heterocycles. The molecule has 2 N–H and O–H groups in total. The van der Waals surface area contributed by atoms with Crippen LogP contribution in [0.3, 0.4) is 0 Å². The SMILES string of the molecule is COc1ccc(CCNC(=O)CC2CSCCN2)c(OC)c1OC. The molecule has 1 amide bonds. The summed E-state index contributed by atoms with van der Waals surface area (Å²) in [7, 11) is 4.78. The van der Waals surface area contributed by atoms with E-state index in [0.29, 0.717) is 36.6 Å². The maximum atomic E-state index is 12.0. The van der Waals surface area contributed by atoms with Crippen LogP contribution in [0, 0.1) is 0 Å². The quantitative estimate of drug-likeness (QED) is 0.737. The number of hydrogen-bond donors (Lipinski definition) is 2. The lowest BCUT2D eigenvalue weighted by molar-refractivity contribution is -0.121. The molecule has 1 fully saturated rings. The number of amides is 1. The van der Waals surface area contributed by atoms with Crippen molar-refractivity contribution in [3.63, 3.8) is 0 Å².